The quantitative estimate of drug-likeness (QED) is 0.427. The van der Waals surface area contributed by atoms with Gasteiger partial charge in [0.15, 0.2) is 0 Å². The smallest absolute Gasteiger partial charge is 0.338 e. The molecule has 0 saturated heterocycles. The van der Waals surface area contributed by atoms with Crippen molar-refractivity contribution in [3.8, 4) is 11.5 Å². The van der Waals surface area contributed by atoms with Crippen LogP contribution in [-0.4, -0.2) is 11.1 Å². The van der Waals surface area contributed by atoms with Crippen molar-refractivity contribution in [2.75, 3.05) is 0 Å². The lowest BCUT2D eigenvalue weighted by Crippen LogP contribution is -2.07. The van der Waals surface area contributed by atoms with Gasteiger partial charge in [0, 0.05) is 5.57 Å². The number of phenolic OH excluding ortho intramolecular Hbond substituents is 1. The number of benzene rings is 1. The van der Waals surface area contributed by atoms with Crippen molar-refractivity contribution >= 4 is 5.97 Å². The SMILES string of the molecule is C=C(C)C(=O)Oc1ccc(O)cc1. The van der Waals surface area contributed by atoms with Crippen molar-refractivity contribution in [2.24, 2.45) is 0 Å². The summed E-state index contributed by atoms with van der Waals surface area (Å²) < 4.78 is 4.88. The highest BCUT2D eigenvalue weighted by Crippen LogP contribution is 2.16. The average Bonchev–Trinajstić information content (AvgIpc) is 2.08. The molecular weight excluding hydrogens is 168 g/mol. The zero-order valence-corrected chi connectivity index (χ0v) is 7.28. The van der Waals surface area contributed by atoms with E-state index in [4.69, 9.17) is 9.84 Å². The summed E-state index contributed by atoms with van der Waals surface area (Å²) in [5.41, 5.74) is 0.341. The van der Waals surface area contributed by atoms with E-state index in [2.05, 4.69) is 6.58 Å². The normalized spacial score (nSPS) is 9.31. The van der Waals surface area contributed by atoms with E-state index in [1.165, 1.54) is 24.3 Å². The van der Waals surface area contributed by atoms with Crippen LogP contribution in [0, 0.1) is 0 Å². The Labute approximate surface area is 76.3 Å². The molecule has 0 spiro atoms. The molecule has 3 heteroatoms. The second-order valence-corrected chi connectivity index (χ2v) is 2.66. The molecule has 0 amide bonds. The third-order valence-corrected chi connectivity index (χ3v) is 1.40. The number of hydrogen-bond acceptors (Lipinski definition) is 3. The fourth-order valence-electron chi connectivity index (χ4n) is 0.708. The molecule has 1 aromatic carbocycles. The maximum absolute atomic E-state index is 11.0. The predicted octanol–water partition coefficient (Wildman–Crippen LogP) is 1.87. The van der Waals surface area contributed by atoms with Crippen LogP contribution in [0.4, 0.5) is 0 Å². The molecule has 0 heterocycles. The molecule has 3 nitrogen and oxygen atoms in total. The van der Waals surface area contributed by atoms with E-state index < -0.39 is 5.97 Å². The lowest BCUT2D eigenvalue weighted by atomic mass is 10.3. The van der Waals surface area contributed by atoms with Crippen LogP contribution in [0.2, 0.25) is 0 Å². The Hall–Kier alpha value is -1.77. The number of carbonyl (C=O) groups excluding carboxylic acids is 1. The molecule has 1 aromatic rings. The molecule has 0 aliphatic carbocycles. The molecule has 0 aromatic heterocycles. The van der Waals surface area contributed by atoms with Gasteiger partial charge >= 0.3 is 5.97 Å². The maximum atomic E-state index is 11.0. The predicted molar refractivity (Wildman–Crippen MR) is 48.6 cm³/mol. The lowest BCUT2D eigenvalue weighted by molar-refractivity contribution is -0.130. The summed E-state index contributed by atoms with van der Waals surface area (Å²) in [6, 6.07) is 5.91. The van der Waals surface area contributed by atoms with E-state index >= 15 is 0 Å². The van der Waals surface area contributed by atoms with Crippen molar-refractivity contribution in [3.05, 3.63) is 36.4 Å². The van der Waals surface area contributed by atoms with E-state index in [0.717, 1.165) is 0 Å². The van der Waals surface area contributed by atoms with Gasteiger partial charge in [0.05, 0.1) is 0 Å². The Morgan fingerprint density at radius 1 is 1.38 bits per heavy atom. The summed E-state index contributed by atoms with van der Waals surface area (Å²) in [4.78, 5) is 11.0. The monoisotopic (exact) mass is 178 g/mol. The van der Waals surface area contributed by atoms with Gasteiger partial charge in [0.1, 0.15) is 11.5 Å². The fraction of sp³-hybridized carbons (Fsp3) is 0.100. The number of esters is 1. The molecule has 0 unspecified atom stereocenters. The molecule has 0 radical (unpaired) electrons. The molecule has 0 fully saturated rings. The van der Waals surface area contributed by atoms with E-state index in [-0.39, 0.29) is 5.75 Å². The summed E-state index contributed by atoms with van der Waals surface area (Å²) in [5, 5.41) is 8.94. The number of rotatable bonds is 2. The summed E-state index contributed by atoms with van der Waals surface area (Å²) >= 11 is 0. The highest BCUT2D eigenvalue weighted by Gasteiger charge is 2.04. The van der Waals surface area contributed by atoms with Crippen molar-refractivity contribution in [2.45, 2.75) is 6.92 Å². The van der Waals surface area contributed by atoms with Gasteiger partial charge < -0.3 is 9.84 Å². The number of phenols is 1. The highest BCUT2D eigenvalue weighted by atomic mass is 16.5. The number of carbonyl (C=O) groups is 1. The molecule has 0 bridgehead atoms. The van der Waals surface area contributed by atoms with Crippen LogP contribution in [0.1, 0.15) is 6.92 Å². The summed E-state index contributed by atoms with van der Waals surface area (Å²) in [6.07, 6.45) is 0. The minimum atomic E-state index is -0.467. The molecule has 0 aliphatic heterocycles. The first-order chi connectivity index (χ1) is 6.09. The minimum Gasteiger partial charge on any atom is -0.508 e. The van der Waals surface area contributed by atoms with Gasteiger partial charge in [-0.2, -0.15) is 0 Å². The first-order valence-electron chi connectivity index (χ1n) is 3.76. The van der Waals surface area contributed by atoms with Crippen LogP contribution in [0.3, 0.4) is 0 Å². The van der Waals surface area contributed by atoms with Crippen molar-refractivity contribution < 1.29 is 14.6 Å². The topological polar surface area (TPSA) is 46.5 Å². The molecule has 1 rings (SSSR count). The number of ether oxygens (including phenoxy) is 1. The highest BCUT2D eigenvalue weighted by molar-refractivity contribution is 5.88. The fourth-order valence-corrected chi connectivity index (χ4v) is 0.708. The molecule has 0 saturated carbocycles. The van der Waals surface area contributed by atoms with Crippen molar-refractivity contribution in [1.29, 1.82) is 0 Å². The zero-order valence-electron chi connectivity index (χ0n) is 7.28. The van der Waals surface area contributed by atoms with Gasteiger partial charge in [0.25, 0.3) is 0 Å². The zero-order chi connectivity index (χ0) is 9.84. The van der Waals surface area contributed by atoms with Gasteiger partial charge in [-0.05, 0) is 31.2 Å². The third-order valence-electron chi connectivity index (χ3n) is 1.40. The molecule has 0 atom stereocenters. The molecular formula is C10H10O3. The van der Waals surface area contributed by atoms with Gasteiger partial charge in [-0.3, -0.25) is 0 Å². The minimum absolute atomic E-state index is 0.134. The Morgan fingerprint density at radius 2 is 1.92 bits per heavy atom. The van der Waals surface area contributed by atoms with Crippen LogP contribution >= 0.6 is 0 Å². The Bertz CT molecular complexity index is 325. The van der Waals surface area contributed by atoms with E-state index in [1.54, 1.807) is 6.92 Å². The van der Waals surface area contributed by atoms with Gasteiger partial charge in [-0.15, -0.1) is 0 Å². The van der Waals surface area contributed by atoms with Gasteiger partial charge in [-0.1, -0.05) is 6.58 Å². The van der Waals surface area contributed by atoms with E-state index in [9.17, 15) is 4.79 Å². The number of hydrogen-bond donors (Lipinski definition) is 1. The Balaban J connectivity index is 2.70. The van der Waals surface area contributed by atoms with Crippen LogP contribution in [-0.2, 0) is 4.79 Å². The van der Waals surface area contributed by atoms with Crippen molar-refractivity contribution in [3.63, 3.8) is 0 Å². The van der Waals surface area contributed by atoms with E-state index in [0.29, 0.717) is 11.3 Å². The summed E-state index contributed by atoms with van der Waals surface area (Å²) in [6.45, 7) is 5.02. The molecule has 68 valence electrons. The van der Waals surface area contributed by atoms with Crippen LogP contribution in [0.25, 0.3) is 0 Å². The standard InChI is InChI=1S/C10H10O3/c1-7(2)10(12)13-9-5-3-8(11)4-6-9/h3-6,11H,1H2,2H3. The molecule has 13 heavy (non-hydrogen) atoms. The van der Waals surface area contributed by atoms with Crippen LogP contribution in [0.5, 0.6) is 11.5 Å². The van der Waals surface area contributed by atoms with E-state index in [1.807, 2.05) is 0 Å². The molecule has 1 N–H and O–H groups in total. The van der Waals surface area contributed by atoms with Gasteiger partial charge in [0.2, 0.25) is 0 Å². The maximum Gasteiger partial charge on any atom is 0.338 e. The van der Waals surface area contributed by atoms with Crippen LogP contribution in [0.15, 0.2) is 36.4 Å². The Morgan fingerprint density at radius 3 is 2.38 bits per heavy atom. The van der Waals surface area contributed by atoms with Crippen LogP contribution < -0.4 is 4.74 Å². The molecule has 0 aliphatic rings. The Kier molecular flexibility index (Phi) is 2.69. The second-order valence-electron chi connectivity index (χ2n) is 2.66. The average molecular weight is 178 g/mol. The largest absolute Gasteiger partial charge is 0.508 e. The first kappa shape index (κ1) is 9.32. The summed E-state index contributed by atoms with van der Waals surface area (Å²) in [7, 11) is 0. The first-order valence-corrected chi connectivity index (χ1v) is 3.76. The lowest BCUT2D eigenvalue weighted by Gasteiger charge is -2.02. The van der Waals surface area contributed by atoms with Gasteiger partial charge in [-0.25, -0.2) is 4.79 Å². The second kappa shape index (κ2) is 3.76. The summed E-state index contributed by atoms with van der Waals surface area (Å²) in [5.74, 6) is 0.0617. The third kappa shape index (κ3) is 2.63. The number of aromatic hydroxyl groups is 1. The van der Waals surface area contributed by atoms with Crippen molar-refractivity contribution in [1.82, 2.24) is 0 Å².